The molecular formula is C19H21ClN2O4. The molecular weight excluding hydrogens is 356 g/mol. The van der Waals surface area contributed by atoms with Gasteiger partial charge in [-0.05, 0) is 19.1 Å². The maximum absolute atomic E-state index is 12.3. The van der Waals surface area contributed by atoms with Gasteiger partial charge in [-0.25, -0.2) is 0 Å². The first kappa shape index (κ1) is 18.2. The van der Waals surface area contributed by atoms with Crippen LogP contribution in [0.15, 0.2) is 36.4 Å². The number of hydrogen-bond acceptors (Lipinski definition) is 5. The molecule has 3 rings (SSSR count). The molecule has 0 saturated heterocycles. The Labute approximate surface area is 157 Å². The lowest BCUT2D eigenvalue weighted by Gasteiger charge is -2.14. The monoisotopic (exact) mass is 376 g/mol. The van der Waals surface area contributed by atoms with Crippen molar-refractivity contribution >= 4 is 28.9 Å². The van der Waals surface area contributed by atoms with Crippen molar-refractivity contribution in [3.63, 3.8) is 0 Å². The number of halogens is 1. The van der Waals surface area contributed by atoms with Crippen LogP contribution in [0.4, 0.5) is 11.4 Å². The van der Waals surface area contributed by atoms with E-state index < -0.39 is 0 Å². The molecule has 0 saturated carbocycles. The SMILES string of the molecule is CCOc1ccccc1NC(=O)CNc1cc2c(cc1Cl)OCCCO2. The molecule has 2 N–H and O–H groups in total. The molecule has 0 bridgehead atoms. The van der Waals surface area contributed by atoms with Gasteiger partial charge in [-0.15, -0.1) is 0 Å². The summed E-state index contributed by atoms with van der Waals surface area (Å²) in [6.07, 6.45) is 0.816. The quantitative estimate of drug-likeness (QED) is 0.798. The Balaban J connectivity index is 1.64. The first-order valence-electron chi connectivity index (χ1n) is 8.52. The minimum absolute atomic E-state index is 0.0554. The summed E-state index contributed by atoms with van der Waals surface area (Å²) in [5.74, 6) is 1.67. The minimum Gasteiger partial charge on any atom is -0.492 e. The highest BCUT2D eigenvalue weighted by Gasteiger charge is 2.15. The van der Waals surface area contributed by atoms with Crippen molar-refractivity contribution in [2.45, 2.75) is 13.3 Å². The highest BCUT2D eigenvalue weighted by atomic mass is 35.5. The summed E-state index contributed by atoms with van der Waals surface area (Å²) in [6.45, 7) is 3.66. The first-order valence-corrected chi connectivity index (χ1v) is 8.90. The zero-order valence-corrected chi connectivity index (χ0v) is 15.3. The van der Waals surface area contributed by atoms with E-state index in [4.69, 9.17) is 25.8 Å². The number of amides is 1. The molecule has 7 heteroatoms. The second-order valence-corrected chi connectivity index (χ2v) is 6.07. The van der Waals surface area contributed by atoms with Crippen molar-refractivity contribution in [2.75, 3.05) is 37.0 Å². The smallest absolute Gasteiger partial charge is 0.243 e. The molecule has 0 fully saturated rings. The number of para-hydroxylation sites is 2. The molecule has 0 radical (unpaired) electrons. The standard InChI is InChI=1S/C19H21ClN2O4/c1-2-24-16-7-4-3-6-14(16)22-19(23)12-21-15-11-18-17(10-13(15)20)25-8-5-9-26-18/h3-4,6-7,10-11,21H,2,5,8-9,12H2,1H3,(H,22,23). The zero-order valence-electron chi connectivity index (χ0n) is 14.5. The zero-order chi connectivity index (χ0) is 18.4. The summed E-state index contributed by atoms with van der Waals surface area (Å²) >= 11 is 6.27. The van der Waals surface area contributed by atoms with Crippen LogP contribution in [0.3, 0.4) is 0 Å². The van der Waals surface area contributed by atoms with E-state index in [2.05, 4.69) is 10.6 Å². The summed E-state index contributed by atoms with van der Waals surface area (Å²) < 4.78 is 16.8. The van der Waals surface area contributed by atoms with E-state index in [0.717, 1.165) is 6.42 Å². The van der Waals surface area contributed by atoms with Crippen LogP contribution in [0.2, 0.25) is 5.02 Å². The Bertz CT molecular complexity index is 782. The summed E-state index contributed by atoms with van der Waals surface area (Å²) in [5.41, 5.74) is 1.25. The van der Waals surface area contributed by atoms with Crippen molar-refractivity contribution in [1.82, 2.24) is 0 Å². The molecule has 0 spiro atoms. The molecule has 2 aromatic carbocycles. The van der Waals surface area contributed by atoms with Crippen LogP contribution < -0.4 is 24.8 Å². The van der Waals surface area contributed by atoms with E-state index in [1.165, 1.54) is 0 Å². The topological polar surface area (TPSA) is 68.8 Å². The van der Waals surface area contributed by atoms with E-state index in [0.29, 0.717) is 53.5 Å². The largest absolute Gasteiger partial charge is 0.492 e. The van der Waals surface area contributed by atoms with Crippen LogP contribution in [0.5, 0.6) is 17.2 Å². The number of carbonyl (C=O) groups excluding carboxylic acids is 1. The van der Waals surface area contributed by atoms with Crippen LogP contribution in [0.25, 0.3) is 0 Å². The van der Waals surface area contributed by atoms with Crippen molar-refractivity contribution < 1.29 is 19.0 Å². The number of carbonyl (C=O) groups is 1. The number of ether oxygens (including phenoxy) is 3. The van der Waals surface area contributed by atoms with Crippen molar-refractivity contribution in [2.24, 2.45) is 0 Å². The molecule has 0 aromatic heterocycles. The number of hydrogen-bond donors (Lipinski definition) is 2. The second kappa shape index (κ2) is 8.67. The highest BCUT2D eigenvalue weighted by Crippen LogP contribution is 2.37. The molecule has 6 nitrogen and oxygen atoms in total. The van der Waals surface area contributed by atoms with Gasteiger partial charge >= 0.3 is 0 Å². The van der Waals surface area contributed by atoms with Gasteiger partial charge in [-0.2, -0.15) is 0 Å². The molecule has 0 atom stereocenters. The number of anilines is 2. The third kappa shape index (κ3) is 4.52. The lowest BCUT2D eigenvalue weighted by Crippen LogP contribution is -2.22. The van der Waals surface area contributed by atoms with Gasteiger partial charge in [0.2, 0.25) is 5.91 Å². The number of benzene rings is 2. The summed E-state index contributed by atoms with van der Waals surface area (Å²) in [4.78, 5) is 12.3. The van der Waals surface area contributed by atoms with Crippen molar-refractivity contribution in [3.8, 4) is 17.2 Å². The summed E-state index contributed by atoms with van der Waals surface area (Å²) in [6, 6.07) is 10.8. The van der Waals surface area contributed by atoms with Crippen LogP contribution in [0, 0.1) is 0 Å². The number of nitrogens with one attached hydrogen (secondary N) is 2. The van der Waals surface area contributed by atoms with Gasteiger partial charge in [-0.3, -0.25) is 4.79 Å². The normalized spacial score (nSPS) is 12.8. The van der Waals surface area contributed by atoms with Crippen molar-refractivity contribution in [1.29, 1.82) is 0 Å². The fourth-order valence-electron chi connectivity index (χ4n) is 2.54. The van der Waals surface area contributed by atoms with Gasteiger partial charge in [0, 0.05) is 18.6 Å². The minimum atomic E-state index is -0.208. The van der Waals surface area contributed by atoms with Crippen LogP contribution in [0.1, 0.15) is 13.3 Å². The molecule has 1 amide bonds. The van der Waals surface area contributed by atoms with Gasteiger partial charge in [0.25, 0.3) is 0 Å². The molecule has 0 aliphatic carbocycles. The van der Waals surface area contributed by atoms with Crippen LogP contribution in [-0.4, -0.2) is 32.3 Å². The van der Waals surface area contributed by atoms with E-state index in [1.807, 2.05) is 25.1 Å². The van der Waals surface area contributed by atoms with Gasteiger partial charge < -0.3 is 24.8 Å². The Morgan fingerprint density at radius 1 is 1.15 bits per heavy atom. The molecule has 2 aromatic rings. The van der Waals surface area contributed by atoms with E-state index in [1.54, 1.807) is 18.2 Å². The predicted octanol–water partition coefficient (Wildman–Crippen LogP) is 3.95. The fourth-order valence-corrected chi connectivity index (χ4v) is 2.76. The van der Waals surface area contributed by atoms with Crippen molar-refractivity contribution in [3.05, 3.63) is 41.4 Å². The van der Waals surface area contributed by atoms with E-state index in [9.17, 15) is 4.79 Å². The van der Waals surface area contributed by atoms with Crippen LogP contribution >= 0.6 is 11.6 Å². The van der Waals surface area contributed by atoms with E-state index >= 15 is 0 Å². The molecule has 138 valence electrons. The molecule has 0 unspecified atom stereocenters. The lowest BCUT2D eigenvalue weighted by molar-refractivity contribution is -0.114. The predicted molar refractivity (Wildman–Crippen MR) is 102 cm³/mol. The first-order chi connectivity index (χ1) is 12.7. The fraction of sp³-hybridized carbons (Fsp3) is 0.316. The van der Waals surface area contributed by atoms with Gasteiger partial charge in [0.15, 0.2) is 11.5 Å². The van der Waals surface area contributed by atoms with Gasteiger partial charge in [0.05, 0.1) is 42.8 Å². The number of fused-ring (bicyclic) bond motifs is 1. The third-order valence-corrected chi connectivity index (χ3v) is 4.05. The Hall–Kier alpha value is -2.60. The molecule has 1 aliphatic heterocycles. The molecule has 26 heavy (non-hydrogen) atoms. The van der Waals surface area contributed by atoms with Crippen LogP contribution in [-0.2, 0) is 4.79 Å². The van der Waals surface area contributed by atoms with Gasteiger partial charge in [0.1, 0.15) is 5.75 Å². The summed E-state index contributed by atoms with van der Waals surface area (Å²) in [7, 11) is 0. The van der Waals surface area contributed by atoms with E-state index in [-0.39, 0.29) is 12.5 Å². The summed E-state index contributed by atoms with van der Waals surface area (Å²) in [5, 5.41) is 6.34. The molecule has 1 heterocycles. The maximum Gasteiger partial charge on any atom is 0.243 e. The second-order valence-electron chi connectivity index (χ2n) is 5.66. The highest BCUT2D eigenvalue weighted by molar-refractivity contribution is 6.33. The maximum atomic E-state index is 12.3. The average Bonchev–Trinajstić information content (AvgIpc) is 2.86. The molecule has 1 aliphatic rings. The van der Waals surface area contributed by atoms with Gasteiger partial charge in [-0.1, -0.05) is 23.7 Å². The Morgan fingerprint density at radius 2 is 1.88 bits per heavy atom. The Morgan fingerprint density at radius 3 is 2.65 bits per heavy atom. The lowest BCUT2D eigenvalue weighted by atomic mass is 10.2. The average molecular weight is 377 g/mol. The number of rotatable bonds is 6. The third-order valence-electron chi connectivity index (χ3n) is 3.74. The Kier molecular flexibility index (Phi) is 6.07.